The van der Waals surface area contributed by atoms with Crippen molar-refractivity contribution in [2.24, 2.45) is 0 Å². The standard InChI is InChI=1S/C22H29NO2/c24-22(18-19-10-3-1-4-11-19)21-14-7-8-15-23(21)16-9-17-25-20-12-5-2-6-13-20/h1-6,10-13,21-22,24H,7-9,14-18H2. The maximum atomic E-state index is 10.8. The lowest BCUT2D eigenvalue weighted by atomic mass is 9.93. The van der Waals surface area contributed by atoms with E-state index in [0.717, 1.165) is 44.7 Å². The molecule has 0 radical (unpaired) electrons. The van der Waals surface area contributed by atoms with Crippen molar-refractivity contribution in [3.05, 3.63) is 66.2 Å². The van der Waals surface area contributed by atoms with Crippen LogP contribution >= 0.6 is 0 Å². The molecule has 3 rings (SSSR count). The van der Waals surface area contributed by atoms with Crippen LogP contribution in [0.5, 0.6) is 5.75 Å². The van der Waals surface area contributed by atoms with E-state index in [-0.39, 0.29) is 12.1 Å². The first-order valence-electron chi connectivity index (χ1n) is 9.47. The second-order valence-corrected chi connectivity index (χ2v) is 6.87. The number of hydrogen-bond acceptors (Lipinski definition) is 3. The molecule has 0 saturated carbocycles. The van der Waals surface area contributed by atoms with E-state index in [1.165, 1.54) is 18.4 Å². The topological polar surface area (TPSA) is 32.7 Å². The van der Waals surface area contributed by atoms with Gasteiger partial charge in [0.05, 0.1) is 12.7 Å². The number of piperidine rings is 1. The Morgan fingerprint density at radius 1 is 1.00 bits per heavy atom. The van der Waals surface area contributed by atoms with Gasteiger partial charge in [0.25, 0.3) is 0 Å². The summed E-state index contributed by atoms with van der Waals surface area (Å²) in [4.78, 5) is 2.46. The van der Waals surface area contributed by atoms with Gasteiger partial charge in [0.1, 0.15) is 5.75 Å². The summed E-state index contributed by atoms with van der Waals surface area (Å²) in [5.41, 5.74) is 1.22. The largest absolute Gasteiger partial charge is 0.494 e. The Hall–Kier alpha value is -1.84. The van der Waals surface area contributed by atoms with Gasteiger partial charge >= 0.3 is 0 Å². The zero-order chi connectivity index (χ0) is 17.3. The molecule has 0 bridgehead atoms. The molecule has 2 aromatic carbocycles. The van der Waals surface area contributed by atoms with Crippen LogP contribution in [0.3, 0.4) is 0 Å². The summed E-state index contributed by atoms with van der Waals surface area (Å²) in [6.45, 7) is 2.80. The van der Waals surface area contributed by atoms with Crippen molar-refractivity contribution in [2.45, 2.75) is 44.2 Å². The van der Waals surface area contributed by atoms with Crippen LogP contribution in [0, 0.1) is 0 Å². The minimum absolute atomic E-state index is 0.269. The molecule has 3 heteroatoms. The summed E-state index contributed by atoms with van der Waals surface area (Å²) in [6.07, 6.45) is 4.97. The molecule has 25 heavy (non-hydrogen) atoms. The lowest BCUT2D eigenvalue weighted by Crippen LogP contribution is -2.48. The average molecular weight is 339 g/mol. The Kier molecular flexibility index (Phi) is 6.89. The highest BCUT2D eigenvalue weighted by Crippen LogP contribution is 2.22. The van der Waals surface area contributed by atoms with Gasteiger partial charge in [-0.3, -0.25) is 4.90 Å². The molecule has 1 fully saturated rings. The normalized spacial score (nSPS) is 19.5. The van der Waals surface area contributed by atoms with Crippen LogP contribution in [0.2, 0.25) is 0 Å². The zero-order valence-electron chi connectivity index (χ0n) is 14.9. The van der Waals surface area contributed by atoms with Gasteiger partial charge in [-0.2, -0.15) is 0 Å². The van der Waals surface area contributed by atoms with E-state index >= 15 is 0 Å². The zero-order valence-corrected chi connectivity index (χ0v) is 14.9. The molecule has 1 heterocycles. The summed E-state index contributed by atoms with van der Waals surface area (Å²) in [6, 6.07) is 20.6. The fourth-order valence-electron chi connectivity index (χ4n) is 3.70. The van der Waals surface area contributed by atoms with Gasteiger partial charge in [0, 0.05) is 12.6 Å². The minimum Gasteiger partial charge on any atom is -0.494 e. The number of rotatable bonds is 8. The quantitative estimate of drug-likeness (QED) is 0.740. The number of aliphatic hydroxyl groups excluding tert-OH is 1. The number of hydrogen-bond donors (Lipinski definition) is 1. The van der Waals surface area contributed by atoms with E-state index < -0.39 is 0 Å². The first kappa shape index (κ1) is 18.0. The summed E-state index contributed by atoms with van der Waals surface area (Å²) >= 11 is 0. The lowest BCUT2D eigenvalue weighted by molar-refractivity contribution is 0.0239. The van der Waals surface area contributed by atoms with Crippen molar-refractivity contribution < 1.29 is 9.84 Å². The van der Waals surface area contributed by atoms with E-state index in [1.54, 1.807) is 0 Å². The Morgan fingerprint density at radius 2 is 1.72 bits per heavy atom. The van der Waals surface area contributed by atoms with Crippen LogP contribution in [0.15, 0.2) is 60.7 Å². The summed E-state index contributed by atoms with van der Waals surface area (Å²) in [5, 5.41) is 10.8. The number of likely N-dealkylation sites (tertiary alicyclic amines) is 1. The van der Waals surface area contributed by atoms with E-state index in [4.69, 9.17) is 4.74 Å². The fourth-order valence-corrected chi connectivity index (χ4v) is 3.70. The van der Waals surface area contributed by atoms with E-state index in [2.05, 4.69) is 17.0 Å². The third kappa shape index (κ3) is 5.58. The first-order chi connectivity index (χ1) is 12.3. The Labute approximate surface area is 151 Å². The number of ether oxygens (including phenoxy) is 1. The third-order valence-corrected chi connectivity index (χ3v) is 5.00. The Bertz CT molecular complexity index is 602. The molecule has 2 atom stereocenters. The smallest absolute Gasteiger partial charge is 0.119 e. The van der Waals surface area contributed by atoms with Crippen LogP contribution in [-0.2, 0) is 6.42 Å². The van der Waals surface area contributed by atoms with Gasteiger partial charge in [-0.05, 0) is 49.9 Å². The van der Waals surface area contributed by atoms with Crippen LogP contribution in [-0.4, -0.2) is 41.8 Å². The number of aliphatic hydroxyl groups is 1. The molecule has 0 amide bonds. The van der Waals surface area contributed by atoms with Gasteiger partial charge in [-0.15, -0.1) is 0 Å². The van der Waals surface area contributed by atoms with E-state index in [9.17, 15) is 5.11 Å². The fraction of sp³-hybridized carbons (Fsp3) is 0.455. The van der Waals surface area contributed by atoms with Crippen molar-refractivity contribution >= 4 is 0 Å². The van der Waals surface area contributed by atoms with Crippen LogP contribution in [0.4, 0.5) is 0 Å². The molecule has 1 aliphatic rings. The van der Waals surface area contributed by atoms with Gasteiger partial charge in [-0.25, -0.2) is 0 Å². The maximum absolute atomic E-state index is 10.8. The van der Waals surface area contributed by atoms with Crippen molar-refractivity contribution in [3.8, 4) is 5.75 Å². The van der Waals surface area contributed by atoms with Crippen LogP contribution < -0.4 is 4.74 Å². The van der Waals surface area contributed by atoms with Gasteiger partial charge in [0.2, 0.25) is 0 Å². The highest BCUT2D eigenvalue weighted by atomic mass is 16.5. The second-order valence-electron chi connectivity index (χ2n) is 6.87. The maximum Gasteiger partial charge on any atom is 0.119 e. The number of para-hydroxylation sites is 1. The molecular weight excluding hydrogens is 310 g/mol. The van der Waals surface area contributed by atoms with Crippen molar-refractivity contribution in [1.29, 1.82) is 0 Å². The molecular formula is C22H29NO2. The molecule has 3 nitrogen and oxygen atoms in total. The molecule has 0 aliphatic carbocycles. The molecule has 1 N–H and O–H groups in total. The van der Waals surface area contributed by atoms with Gasteiger partial charge in [0.15, 0.2) is 0 Å². The predicted molar refractivity (Wildman–Crippen MR) is 102 cm³/mol. The summed E-state index contributed by atoms with van der Waals surface area (Å²) in [5.74, 6) is 0.932. The third-order valence-electron chi connectivity index (χ3n) is 5.00. The predicted octanol–water partition coefficient (Wildman–Crippen LogP) is 3.91. The molecule has 1 aliphatic heterocycles. The number of nitrogens with zero attached hydrogens (tertiary/aromatic N) is 1. The first-order valence-corrected chi connectivity index (χ1v) is 9.47. The molecule has 2 aromatic rings. The Morgan fingerprint density at radius 3 is 2.48 bits per heavy atom. The van der Waals surface area contributed by atoms with E-state index in [1.807, 2.05) is 48.5 Å². The average Bonchev–Trinajstić information content (AvgIpc) is 2.67. The SMILES string of the molecule is OC(Cc1ccccc1)C1CCCCN1CCCOc1ccccc1. The van der Waals surface area contributed by atoms with Gasteiger partial charge < -0.3 is 9.84 Å². The monoisotopic (exact) mass is 339 g/mol. The van der Waals surface area contributed by atoms with Crippen LogP contribution in [0.25, 0.3) is 0 Å². The van der Waals surface area contributed by atoms with Crippen molar-refractivity contribution in [2.75, 3.05) is 19.7 Å². The van der Waals surface area contributed by atoms with Crippen molar-refractivity contribution in [1.82, 2.24) is 4.90 Å². The van der Waals surface area contributed by atoms with Crippen molar-refractivity contribution in [3.63, 3.8) is 0 Å². The Balaban J connectivity index is 1.47. The highest BCUT2D eigenvalue weighted by Gasteiger charge is 2.28. The lowest BCUT2D eigenvalue weighted by Gasteiger charge is -2.38. The summed E-state index contributed by atoms with van der Waals surface area (Å²) < 4.78 is 5.80. The highest BCUT2D eigenvalue weighted by molar-refractivity contribution is 5.20. The minimum atomic E-state index is -0.294. The van der Waals surface area contributed by atoms with E-state index in [0.29, 0.717) is 0 Å². The molecule has 0 spiro atoms. The number of benzene rings is 2. The second kappa shape index (κ2) is 9.59. The molecule has 2 unspecified atom stereocenters. The van der Waals surface area contributed by atoms with Gasteiger partial charge in [-0.1, -0.05) is 55.0 Å². The molecule has 134 valence electrons. The summed E-state index contributed by atoms with van der Waals surface area (Å²) in [7, 11) is 0. The van der Waals surface area contributed by atoms with Crippen LogP contribution in [0.1, 0.15) is 31.2 Å². The molecule has 1 saturated heterocycles. The molecule has 0 aromatic heterocycles.